The highest BCUT2D eigenvalue weighted by molar-refractivity contribution is 5.88. The average Bonchev–Trinajstić information content (AvgIpc) is 3.29. The molecule has 2 aromatic heterocycles. The summed E-state index contributed by atoms with van der Waals surface area (Å²) in [5.41, 5.74) is 1.88. The summed E-state index contributed by atoms with van der Waals surface area (Å²) in [6.07, 6.45) is 3.87. The fourth-order valence-corrected chi connectivity index (χ4v) is 2.88. The number of nitrogens with zero attached hydrogens (tertiary/aromatic N) is 5. The molecule has 2 heterocycles. The van der Waals surface area contributed by atoms with E-state index in [1.807, 2.05) is 43.4 Å². The van der Waals surface area contributed by atoms with Crippen LogP contribution in [0.25, 0.3) is 0 Å². The standard InChI is InChI=1S/C20H27N7O/c1-20(2,3)17-12-18(26(4)25-17)24-19(28)23-16(15-8-6-5-7-9-15)10-11-27-14-21-13-22-27/h5-9,12-14,16H,10-11H2,1-4H3,(H2,23,24,28)/t16-/m1/s1. The number of nitrogens with one attached hydrogen (secondary N) is 2. The van der Waals surface area contributed by atoms with E-state index < -0.39 is 0 Å². The number of benzene rings is 1. The first kappa shape index (κ1) is 19.6. The van der Waals surface area contributed by atoms with Gasteiger partial charge >= 0.3 is 6.03 Å². The molecular formula is C20H27N7O. The van der Waals surface area contributed by atoms with E-state index in [2.05, 4.69) is 46.6 Å². The Morgan fingerprint density at radius 3 is 2.57 bits per heavy atom. The second-order valence-electron chi connectivity index (χ2n) is 7.80. The number of urea groups is 1. The van der Waals surface area contributed by atoms with Gasteiger partial charge in [-0.15, -0.1) is 0 Å². The second kappa shape index (κ2) is 8.24. The molecule has 2 amide bonds. The van der Waals surface area contributed by atoms with Crippen LogP contribution in [-0.4, -0.2) is 30.6 Å². The van der Waals surface area contributed by atoms with Crippen LogP contribution >= 0.6 is 0 Å². The summed E-state index contributed by atoms with van der Waals surface area (Å²) in [6.45, 7) is 6.93. The maximum absolute atomic E-state index is 12.7. The highest BCUT2D eigenvalue weighted by atomic mass is 16.2. The number of amides is 2. The smallest absolute Gasteiger partial charge is 0.320 e. The van der Waals surface area contributed by atoms with Crippen LogP contribution in [0.2, 0.25) is 0 Å². The van der Waals surface area contributed by atoms with E-state index in [1.165, 1.54) is 6.33 Å². The van der Waals surface area contributed by atoms with Crippen molar-refractivity contribution in [3.8, 4) is 0 Å². The van der Waals surface area contributed by atoms with Crippen LogP contribution in [0.15, 0.2) is 49.1 Å². The van der Waals surface area contributed by atoms with E-state index in [0.717, 1.165) is 11.3 Å². The SMILES string of the molecule is Cn1nc(C(C)(C)C)cc1NC(=O)N[C@H](CCn1cncn1)c1ccccc1. The van der Waals surface area contributed by atoms with Crippen LogP contribution in [0, 0.1) is 0 Å². The molecule has 1 aromatic carbocycles. The highest BCUT2D eigenvalue weighted by Gasteiger charge is 2.21. The van der Waals surface area contributed by atoms with E-state index >= 15 is 0 Å². The van der Waals surface area contributed by atoms with E-state index in [0.29, 0.717) is 18.8 Å². The first-order valence-electron chi connectivity index (χ1n) is 9.32. The summed E-state index contributed by atoms with van der Waals surface area (Å²) < 4.78 is 3.44. The van der Waals surface area contributed by atoms with Gasteiger partial charge in [-0.05, 0) is 12.0 Å². The fourth-order valence-electron chi connectivity index (χ4n) is 2.88. The van der Waals surface area contributed by atoms with Gasteiger partial charge in [-0.1, -0.05) is 51.1 Å². The monoisotopic (exact) mass is 381 g/mol. The van der Waals surface area contributed by atoms with E-state index in [-0.39, 0.29) is 17.5 Å². The maximum atomic E-state index is 12.7. The highest BCUT2D eigenvalue weighted by Crippen LogP contribution is 2.23. The Kier molecular flexibility index (Phi) is 5.77. The predicted molar refractivity (Wildman–Crippen MR) is 108 cm³/mol. The Labute approximate surface area is 165 Å². The van der Waals surface area contributed by atoms with Crippen LogP contribution in [0.5, 0.6) is 0 Å². The van der Waals surface area contributed by atoms with Crippen molar-refractivity contribution in [1.82, 2.24) is 29.9 Å². The summed E-state index contributed by atoms with van der Waals surface area (Å²) in [6, 6.07) is 11.4. The van der Waals surface area contributed by atoms with Crippen LogP contribution in [0.4, 0.5) is 10.6 Å². The van der Waals surface area contributed by atoms with Crippen molar-refractivity contribution < 1.29 is 4.79 Å². The number of hydrogen-bond acceptors (Lipinski definition) is 4. The van der Waals surface area contributed by atoms with Gasteiger partial charge < -0.3 is 5.32 Å². The average molecular weight is 381 g/mol. The van der Waals surface area contributed by atoms with Gasteiger partial charge in [-0.2, -0.15) is 10.2 Å². The summed E-state index contributed by atoms with van der Waals surface area (Å²) in [5, 5.41) is 14.6. The van der Waals surface area contributed by atoms with Gasteiger partial charge in [0.2, 0.25) is 0 Å². The van der Waals surface area contributed by atoms with Crippen molar-refractivity contribution in [3.05, 3.63) is 60.3 Å². The van der Waals surface area contributed by atoms with Gasteiger partial charge in [-0.3, -0.25) is 14.7 Å². The zero-order valence-electron chi connectivity index (χ0n) is 16.8. The van der Waals surface area contributed by atoms with Crippen LogP contribution in [-0.2, 0) is 19.0 Å². The lowest BCUT2D eigenvalue weighted by atomic mass is 9.92. The quantitative estimate of drug-likeness (QED) is 0.686. The van der Waals surface area contributed by atoms with Crippen molar-refractivity contribution in [2.24, 2.45) is 7.05 Å². The second-order valence-corrected chi connectivity index (χ2v) is 7.80. The Balaban J connectivity index is 1.69. The van der Waals surface area contributed by atoms with Crippen molar-refractivity contribution in [3.63, 3.8) is 0 Å². The molecule has 148 valence electrons. The summed E-state index contributed by atoms with van der Waals surface area (Å²) in [5.74, 6) is 0.658. The van der Waals surface area contributed by atoms with Crippen molar-refractivity contribution in [1.29, 1.82) is 0 Å². The Morgan fingerprint density at radius 2 is 1.96 bits per heavy atom. The molecule has 0 radical (unpaired) electrons. The molecule has 8 nitrogen and oxygen atoms in total. The Hall–Kier alpha value is -3.16. The van der Waals surface area contributed by atoms with Crippen molar-refractivity contribution >= 4 is 11.8 Å². The molecule has 0 aliphatic carbocycles. The predicted octanol–water partition coefficient (Wildman–Crippen LogP) is 3.26. The molecule has 0 fully saturated rings. The number of rotatable bonds is 6. The van der Waals surface area contributed by atoms with E-state index in [1.54, 1.807) is 15.7 Å². The molecule has 2 N–H and O–H groups in total. The summed E-state index contributed by atoms with van der Waals surface area (Å²) in [4.78, 5) is 16.6. The van der Waals surface area contributed by atoms with Crippen molar-refractivity contribution in [2.75, 3.05) is 5.32 Å². The zero-order chi connectivity index (χ0) is 20.1. The number of aryl methyl sites for hydroxylation is 2. The number of aromatic nitrogens is 5. The first-order valence-corrected chi connectivity index (χ1v) is 9.32. The lowest BCUT2D eigenvalue weighted by Gasteiger charge is -2.19. The third-order valence-electron chi connectivity index (χ3n) is 4.51. The van der Waals surface area contributed by atoms with Gasteiger partial charge in [0.05, 0.1) is 11.7 Å². The van der Waals surface area contributed by atoms with Crippen LogP contribution < -0.4 is 10.6 Å². The molecule has 0 saturated heterocycles. The maximum Gasteiger partial charge on any atom is 0.320 e. The third kappa shape index (κ3) is 4.97. The fraction of sp³-hybridized carbons (Fsp3) is 0.400. The largest absolute Gasteiger partial charge is 0.331 e. The Bertz CT molecular complexity index is 895. The topological polar surface area (TPSA) is 89.7 Å². The molecule has 0 spiro atoms. The molecule has 0 bridgehead atoms. The lowest BCUT2D eigenvalue weighted by molar-refractivity contribution is 0.247. The van der Waals surface area contributed by atoms with Gasteiger partial charge in [0.25, 0.3) is 0 Å². The minimum atomic E-state index is -0.268. The van der Waals surface area contributed by atoms with Gasteiger partial charge in [0.1, 0.15) is 18.5 Å². The summed E-state index contributed by atoms with van der Waals surface area (Å²) >= 11 is 0. The zero-order valence-corrected chi connectivity index (χ0v) is 16.8. The molecule has 0 aliphatic heterocycles. The molecule has 0 aliphatic rings. The number of carbonyl (C=O) groups is 1. The molecule has 8 heteroatoms. The first-order chi connectivity index (χ1) is 13.3. The normalized spacial score (nSPS) is 12.6. The Morgan fingerprint density at radius 1 is 1.21 bits per heavy atom. The van der Waals surface area contributed by atoms with Gasteiger partial charge in [-0.25, -0.2) is 9.78 Å². The molecule has 3 aromatic rings. The van der Waals surface area contributed by atoms with Crippen molar-refractivity contribution in [2.45, 2.75) is 45.2 Å². The molecule has 1 atom stereocenters. The molecule has 3 rings (SSSR count). The summed E-state index contributed by atoms with van der Waals surface area (Å²) in [7, 11) is 1.82. The lowest BCUT2D eigenvalue weighted by Crippen LogP contribution is -2.33. The number of anilines is 1. The van der Waals surface area contributed by atoms with E-state index in [9.17, 15) is 4.79 Å². The number of carbonyl (C=O) groups excluding carboxylic acids is 1. The van der Waals surface area contributed by atoms with Gasteiger partial charge in [0.15, 0.2) is 0 Å². The van der Waals surface area contributed by atoms with Crippen LogP contribution in [0.3, 0.4) is 0 Å². The van der Waals surface area contributed by atoms with Crippen LogP contribution in [0.1, 0.15) is 44.5 Å². The minimum Gasteiger partial charge on any atom is -0.331 e. The van der Waals surface area contributed by atoms with E-state index in [4.69, 9.17) is 0 Å². The molecule has 0 saturated carbocycles. The minimum absolute atomic E-state index is 0.0848. The molecule has 0 unspecified atom stereocenters. The molecule has 28 heavy (non-hydrogen) atoms. The third-order valence-corrected chi connectivity index (χ3v) is 4.51. The van der Waals surface area contributed by atoms with Gasteiger partial charge in [0, 0.05) is 25.1 Å². The molecular weight excluding hydrogens is 354 g/mol. The number of hydrogen-bond donors (Lipinski definition) is 2.